The van der Waals surface area contributed by atoms with E-state index in [1.807, 2.05) is 17.9 Å². The quantitative estimate of drug-likeness (QED) is 0.771. The van der Waals surface area contributed by atoms with Crippen LogP contribution < -0.4 is 9.47 Å². The zero-order chi connectivity index (χ0) is 20.5. The number of piperidine rings is 1. The van der Waals surface area contributed by atoms with Crippen molar-refractivity contribution >= 4 is 5.91 Å². The topological polar surface area (TPSA) is 58.4 Å². The van der Waals surface area contributed by atoms with Gasteiger partial charge in [0.15, 0.2) is 11.5 Å². The number of hydrogen-bond donors (Lipinski definition) is 0. The van der Waals surface area contributed by atoms with E-state index in [0.29, 0.717) is 24.2 Å². The lowest BCUT2D eigenvalue weighted by Crippen LogP contribution is -2.55. The highest BCUT2D eigenvalue weighted by Crippen LogP contribution is 2.33. The lowest BCUT2D eigenvalue weighted by atomic mass is 10.0. The van der Waals surface area contributed by atoms with Crippen LogP contribution in [0.3, 0.4) is 0 Å². The van der Waals surface area contributed by atoms with Crippen molar-refractivity contribution in [2.75, 3.05) is 46.1 Å². The number of fused-ring (bicyclic) bond motifs is 1. The van der Waals surface area contributed by atoms with E-state index in [1.54, 1.807) is 12.3 Å². The number of carbonyl (C=O) groups excluding carboxylic acids is 1. The molecule has 3 aliphatic rings. The summed E-state index contributed by atoms with van der Waals surface area (Å²) in [5, 5.41) is 0. The molecule has 30 heavy (non-hydrogen) atoms. The number of rotatable bonds is 4. The average Bonchev–Trinajstić information content (AvgIpc) is 3.42. The van der Waals surface area contributed by atoms with Gasteiger partial charge in [-0.1, -0.05) is 6.07 Å². The van der Waals surface area contributed by atoms with Gasteiger partial charge in [0.25, 0.3) is 5.91 Å². The van der Waals surface area contributed by atoms with E-state index < -0.39 is 0 Å². The monoisotopic (exact) mass is 411 g/mol. The molecule has 2 saturated heterocycles. The highest BCUT2D eigenvalue weighted by molar-refractivity contribution is 5.95. The van der Waals surface area contributed by atoms with E-state index in [-0.39, 0.29) is 5.91 Å². The molecular formula is C23H29N3O4. The van der Waals surface area contributed by atoms with Crippen LogP contribution in [0, 0.1) is 6.92 Å². The minimum Gasteiger partial charge on any atom is -0.469 e. The lowest BCUT2D eigenvalue weighted by molar-refractivity contribution is 0.0406. The predicted octanol–water partition coefficient (Wildman–Crippen LogP) is 2.74. The number of furan rings is 1. The number of aryl methyl sites for hydroxylation is 1. The van der Waals surface area contributed by atoms with Crippen molar-refractivity contribution < 1.29 is 18.7 Å². The van der Waals surface area contributed by atoms with Crippen molar-refractivity contribution in [3.05, 3.63) is 47.4 Å². The molecule has 0 N–H and O–H groups in total. The normalized spacial score (nSPS) is 22.4. The van der Waals surface area contributed by atoms with Gasteiger partial charge in [-0.05, 0) is 43.5 Å². The van der Waals surface area contributed by atoms with Crippen LogP contribution in [-0.4, -0.2) is 72.7 Å². The van der Waals surface area contributed by atoms with Gasteiger partial charge in [-0.15, -0.1) is 0 Å². The minimum atomic E-state index is 0.104. The number of piperazine rings is 1. The van der Waals surface area contributed by atoms with Gasteiger partial charge >= 0.3 is 0 Å². The maximum atomic E-state index is 12.9. The molecule has 0 spiro atoms. The van der Waals surface area contributed by atoms with Crippen molar-refractivity contribution in [3.63, 3.8) is 0 Å². The van der Waals surface area contributed by atoms with Crippen LogP contribution in [0.15, 0.2) is 34.9 Å². The summed E-state index contributed by atoms with van der Waals surface area (Å²) in [7, 11) is 0. The minimum absolute atomic E-state index is 0.104. The second-order valence-corrected chi connectivity index (χ2v) is 8.44. The third-order valence-electron chi connectivity index (χ3n) is 6.54. The molecule has 2 aromatic rings. The van der Waals surface area contributed by atoms with Crippen LogP contribution in [0.1, 0.15) is 34.5 Å². The fraction of sp³-hybridized carbons (Fsp3) is 0.522. The largest absolute Gasteiger partial charge is 0.469 e. The predicted molar refractivity (Wildman–Crippen MR) is 112 cm³/mol. The summed E-state index contributed by atoms with van der Waals surface area (Å²) in [5.74, 6) is 2.50. The Morgan fingerprint density at radius 3 is 2.70 bits per heavy atom. The SMILES string of the molecule is Cc1occc1C(=O)N1CCC[C@H](N2CCN(Cc3ccc4c(c3)OCO4)CC2)C1. The highest BCUT2D eigenvalue weighted by atomic mass is 16.7. The maximum Gasteiger partial charge on any atom is 0.257 e. The molecule has 0 unspecified atom stereocenters. The van der Waals surface area contributed by atoms with E-state index >= 15 is 0 Å². The number of likely N-dealkylation sites (tertiary alicyclic amines) is 1. The molecule has 4 heterocycles. The maximum absolute atomic E-state index is 12.9. The summed E-state index contributed by atoms with van der Waals surface area (Å²) in [6.07, 6.45) is 3.82. The van der Waals surface area contributed by atoms with Gasteiger partial charge < -0.3 is 18.8 Å². The Morgan fingerprint density at radius 1 is 1.07 bits per heavy atom. The van der Waals surface area contributed by atoms with Gasteiger partial charge in [0.2, 0.25) is 6.79 Å². The van der Waals surface area contributed by atoms with Crippen LogP contribution in [0.2, 0.25) is 0 Å². The fourth-order valence-corrected chi connectivity index (χ4v) is 4.80. The third kappa shape index (κ3) is 3.91. The molecular weight excluding hydrogens is 382 g/mol. The van der Waals surface area contributed by atoms with Crippen LogP contribution in [0.5, 0.6) is 11.5 Å². The van der Waals surface area contributed by atoms with Gasteiger partial charge in [-0.3, -0.25) is 14.6 Å². The van der Waals surface area contributed by atoms with Crippen molar-refractivity contribution in [2.45, 2.75) is 32.4 Å². The molecule has 7 nitrogen and oxygen atoms in total. The summed E-state index contributed by atoms with van der Waals surface area (Å²) in [6, 6.07) is 8.46. The van der Waals surface area contributed by atoms with E-state index in [4.69, 9.17) is 13.9 Å². The van der Waals surface area contributed by atoms with Crippen molar-refractivity contribution in [3.8, 4) is 11.5 Å². The number of benzene rings is 1. The van der Waals surface area contributed by atoms with Crippen molar-refractivity contribution in [2.24, 2.45) is 0 Å². The molecule has 7 heteroatoms. The number of amides is 1. The Morgan fingerprint density at radius 2 is 1.90 bits per heavy atom. The van der Waals surface area contributed by atoms with E-state index in [2.05, 4.69) is 21.9 Å². The first-order valence-corrected chi connectivity index (χ1v) is 10.9. The van der Waals surface area contributed by atoms with E-state index in [9.17, 15) is 4.79 Å². The summed E-state index contributed by atoms with van der Waals surface area (Å²) in [5.41, 5.74) is 1.96. The number of nitrogens with zero attached hydrogens (tertiary/aromatic N) is 3. The molecule has 1 aromatic carbocycles. The highest BCUT2D eigenvalue weighted by Gasteiger charge is 2.31. The van der Waals surface area contributed by atoms with Crippen LogP contribution in [0.25, 0.3) is 0 Å². The fourth-order valence-electron chi connectivity index (χ4n) is 4.80. The first-order chi connectivity index (χ1) is 14.7. The molecule has 0 aliphatic carbocycles. The zero-order valence-electron chi connectivity index (χ0n) is 17.5. The molecule has 1 amide bonds. The molecule has 0 saturated carbocycles. The first kappa shape index (κ1) is 19.5. The zero-order valence-corrected chi connectivity index (χ0v) is 17.5. The number of carbonyl (C=O) groups is 1. The van der Waals surface area contributed by atoms with Gasteiger partial charge in [0.05, 0.1) is 11.8 Å². The summed E-state index contributed by atoms with van der Waals surface area (Å²) < 4.78 is 16.2. The summed E-state index contributed by atoms with van der Waals surface area (Å²) in [4.78, 5) is 19.9. The van der Waals surface area contributed by atoms with E-state index in [0.717, 1.165) is 70.2 Å². The Bertz CT molecular complexity index is 904. The van der Waals surface area contributed by atoms with Crippen molar-refractivity contribution in [1.29, 1.82) is 0 Å². The molecule has 0 bridgehead atoms. The standard InChI is InChI=1S/C23H29N3O4/c1-17-20(6-12-28-17)23(27)26-7-2-3-19(15-26)25-10-8-24(9-11-25)14-18-4-5-21-22(13-18)30-16-29-21/h4-6,12-13,19H,2-3,7-11,14-16H2,1H3/t19-/m0/s1. The first-order valence-electron chi connectivity index (χ1n) is 10.9. The Hall–Kier alpha value is -2.51. The van der Waals surface area contributed by atoms with Gasteiger partial charge in [-0.2, -0.15) is 0 Å². The Labute approximate surface area is 177 Å². The van der Waals surface area contributed by atoms with E-state index in [1.165, 1.54) is 5.56 Å². The summed E-state index contributed by atoms with van der Waals surface area (Å²) >= 11 is 0. The molecule has 2 fully saturated rings. The van der Waals surface area contributed by atoms with Gasteiger partial charge in [-0.25, -0.2) is 0 Å². The molecule has 0 radical (unpaired) electrons. The van der Waals surface area contributed by atoms with Crippen LogP contribution >= 0.6 is 0 Å². The van der Waals surface area contributed by atoms with Gasteiger partial charge in [0.1, 0.15) is 5.76 Å². The molecule has 1 aromatic heterocycles. The lowest BCUT2D eigenvalue weighted by Gasteiger charge is -2.43. The number of hydrogen-bond acceptors (Lipinski definition) is 6. The number of ether oxygens (including phenoxy) is 2. The van der Waals surface area contributed by atoms with Crippen LogP contribution in [-0.2, 0) is 6.54 Å². The van der Waals surface area contributed by atoms with Crippen LogP contribution in [0.4, 0.5) is 0 Å². The average molecular weight is 412 g/mol. The second-order valence-electron chi connectivity index (χ2n) is 8.44. The Kier molecular flexibility index (Phi) is 5.39. The molecule has 3 aliphatic heterocycles. The molecule has 5 rings (SSSR count). The summed E-state index contributed by atoms with van der Waals surface area (Å²) in [6.45, 7) is 8.92. The molecule has 1 atom stereocenters. The van der Waals surface area contributed by atoms with Gasteiger partial charge in [0, 0.05) is 51.9 Å². The van der Waals surface area contributed by atoms with Crippen molar-refractivity contribution in [1.82, 2.24) is 14.7 Å². The smallest absolute Gasteiger partial charge is 0.257 e. The molecule has 160 valence electrons. The third-order valence-corrected chi connectivity index (χ3v) is 6.54. The second kappa shape index (κ2) is 8.32. The Balaban J connectivity index is 1.14.